The Bertz CT molecular complexity index is 1650. The van der Waals surface area contributed by atoms with Gasteiger partial charge in [-0.3, -0.25) is 19.2 Å². The Kier molecular flexibility index (Phi) is 22.3. The highest BCUT2D eigenvalue weighted by atomic mass is 16.6. The van der Waals surface area contributed by atoms with E-state index < -0.39 is 71.7 Å². The second-order valence-electron chi connectivity index (χ2n) is 19.1. The maximum absolute atomic E-state index is 13.5. The molecule has 2 aliphatic heterocycles. The number of amides is 1. The van der Waals surface area contributed by atoms with Crippen LogP contribution in [0.4, 0.5) is 0 Å². The van der Waals surface area contributed by atoms with Crippen molar-refractivity contribution in [3.8, 4) is 0 Å². The third-order valence-corrected chi connectivity index (χ3v) is 13.7. The number of carbonyl (C=O) groups is 5. The second-order valence-corrected chi connectivity index (χ2v) is 19.1. The molecule has 13 atom stereocenters. The van der Waals surface area contributed by atoms with E-state index in [4.69, 9.17) is 14.2 Å². The molecule has 0 aromatic rings. The summed E-state index contributed by atoms with van der Waals surface area (Å²) in [5, 5.41) is 42.2. The fraction of sp³-hybridized carbons (Fsp3) is 0.740. The van der Waals surface area contributed by atoms with E-state index in [1.165, 1.54) is 7.11 Å². The van der Waals surface area contributed by atoms with Crippen LogP contribution in [0.5, 0.6) is 0 Å². The average Bonchev–Trinajstić information content (AvgIpc) is 3.25. The molecule has 1 amide bonds. The van der Waals surface area contributed by atoms with Crippen molar-refractivity contribution in [1.82, 2.24) is 4.90 Å². The third-order valence-electron chi connectivity index (χ3n) is 13.7. The standard InChI is InChI=1S/C50H79NO12/c1-31(18-22-39-23-20-37(7)50(60,63-39)47(56)48(57)51-26-14-13-17-40(51)49(58)59)15-11-10-12-16-32(2)27-35(5)44(54)46(62-9)45(55)36(6)29-34(4)41(52)24-19-33(3)28-38-21-25-42(53)43(30-38)61-8/h10-12,15-16,29,32-35,37-40,42-43,45-46,53,55,60H,13-14,17-28,30H2,1-9H3,(H,58,59)/b11-10+,16-12+,31-15+,36-29+/t32-,33+,34-,35-,37-,38?,39-,40+,42-,43-,45-,46+,50-/m1/s1. The number of piperidine rings is 1. The number of nitrogens with zero attached hydrogens (tertiary/aromatic N) is 1. The Morgan fingerprint density at radius 2 is 1.65 bits per heavy atom. The molecule has 0 aromatic heterocycles. The molecule has 3 fully saturated rings. The first-order valence-electron chi connectivity index (χ1n) is 23.4. The number of ketones is 3. The van der Waals surface area contributed by atoms with E-state index in [1.54, 1.807) is 27.0 Å². The van der Waals surface area contributed by atoms with Crippen molar-refractivity contribution in [2.45, 2.75) is 181 Å². The molecule has 0 bridgehead atoms. The SMILES string of the molecule is CO[C@@H]1CC(C[C@@H](C)CCC(=O)[C@H](C)/C=C(\C)[C@@H](O)[C@@H](OC)C(=O)[C@H](C)C[C@H](C)/C=C/C=C/C=C(\C)CC[C@@H]2CC[C@@H](C)[C@](O)(C(=O)C(=O)N3CCCC[C@H]3C(=O)O)O2)CC[C@H]1O. The van der Waals surface area contributed by atoms with Gasteiger partial charge in [-0.25, -0.2) is 4.79 Å². The Labute approximate surface area is 376 Å². The zero-order valence-electron chi connectivity index (χ0n) is 39.5. The zero-order valence-corrected chi connectivity index (χ0v) is 39.5. The smallest absolute Gasteiger partial charge is 0.326 e. The van der Waals surface area contributed by atoms with Crippen LogP contribution in [-0.2, 0) is 38.2 Å². The number of aliphatic hydroxyl groups excluding tert-OH is 2. The summed E-state index contributed by atoms with van der Waals surface area (Å²) in [7, 11) is 3.05. The Hall–Kier alpha value is -3.33. The summed E-state index contributed by atoms with van der Waals surface area (Å²) in [5.41, 5.74) is 1.58. The molecule has 2 heterocycles. The maximum Gasteiger partial charge on any atom is 0.326 e. The van der Waals surface area contributed by atoms with E-state index in [0.29, 0.717) is 68.8 Å². The first-order valence-corrected chi connectivity index (χ1v) is 23.4. The maximum atomic E-state index is 13.5. The molecule has 13 heteroatoms. The molecule has 1 saturated carbocycles. The van der Waals surface area contributed by atoms with E-state index in [0.717, 1.165) is 42.6 Å². The van der Waals surface area contributed by atoms with Gasteiger partial charge in [-0.1, -0.05) is 76.6 Å². The van der Waals surface area contributed by atoms with Gasteiger partial charge in [0, 0.05) is 44.9 Å². The number of methoxy groups -OCH3 is 2. The van der Waals surface area contributed by atoms with Crippen molar-refractivity contribution in [3.63, 3.8) is 0 Å². The molecule has 356 valence electrons. The highest BCUT2D eigenvalue weighted by molar-refractivity contribution is 6.39. The fourth-order valence-electron chi connectivity index (χ4n) is 9.49. The molecule has 63 heavy (non-hydrogen) atoms. The summed E-state index contributed by atoms with van der Waals surface area (Å²) in [6.07, 6.45) is 17.3. The number of hydrogen-bond donors (Lipinski definition) is 4. The fourth-order valence-corrected chi connectivity index (χ4v) is 9.49. The number of likely N-dealkylation sites (tertiary alicyclic amines) is 1. The minimum Gasteiger partial charge on any atom is -0.480 e. The molecule has 2 saturated heterocycles. The lowest BCUT2D eigenvalue weighted by Crippen LogP contribution is -2.60. The quantitative estimate of drug-likeness (QED) is 0.0437. The second kappa shape index (κ2) is 26.0. The number of Topliss-reactive ketones (excluding diaryl/α,β-unsaturated/α-hetero) is 3. The van der Waals surface area contributed by atoms with Gasteiger partial charge in [-0.15, -0.1) is 0 Å². The number of rotatable bonds is 24. The number of carboxylic acids is 1. The predicted octanol–water partition coefficient (Wildman–Crippen LogP) is 7.11. The van der Waals surface area contributed by atoms with Crippen molar-refractivity contribution in [2.24, 2.45) is 35.5 Å². The van der Waals surface area contributed by atoms with Gasteiger partial charge in [0.2, 0.25) is 5.79 Å². The van der Waals surface area contributed by atoms with E-state index in [9.17, 15) is 44.4 Å². The van der Waals surface area contributed by atoms with Crippen LogP contribution in [0.15, 0.2) is 47.6 Å². The van der Waals surface area contributed by atoms with Crippen molar-refractivity contribution < 1.29 is 58.6 Å². The first kappa shape index (κ1) is 54.0. The third kappa shape index (κ3) is 16.0. The van der Waals surface area contributed by atoms with Crippen LogP contribution in [0.2, 0.25) is 0 Å². The van der Waals surface area contributed by atoms with Crippen LogP contribution < -0.4 is 0 Å². The minimum absolute atomic E-state index is 0.0558. The van der Waals surface area contributed by atoms with Crippen molar-refractivity contribution in [2.75, 3.05) is 20.8 Å². The van der Waals surface area contributed by atoms with Crippen LogP contribution in [0.1, 0.15) is 138 Å². The summed E-state index contributed by atoms with van der Waals surface area (Å²) >= 11 is 0. The topological polar surface area (TPSA) is 197 Å². The minimum atomic E-state index is -2.31. The first-order chi connectivity index (χ1) is 29.7. The monoisotopic (exact) mass is 886 g/mol. The highest BCUT2D eigenvalue weighted by Gasteiger charge is 2.52. The van der Waals surface area contributed by atoms with Gasteiger partial charge < -0.3 is 39.5 Å². The van der Waals surface area contributed by atoms with E-state index in [2.05, 4.69) is 6.92 Å². The molecular formula is C50H79NO12. The van der Waals surface area contributed by atoms with Gasteiger partial charge in [0.05, 0.1) is 18.3 Å². The molecule has 1 unspecified atom stereocenters. The number of hydrogen-bond acceptors (Lipinski definition) is 11. The molecule has 0 radical (unpaired) electrons. The molecule has 0 aromatic carbocycles. The van der Waals surface area contributed by atoms with Crippen LogP contribution in [0.3, 0.4) is 0 Å². The van der Waals surface area contributed by atoms with Gasteiger partial charge in [0.15, 0.2) is 5.78 Å². The molecule has 13 nitrogen and oxygen atoms in total. The van der Waals surface area contributed by atoms with Crippen LogP contribution in [0.25, 0.3) is 0 Å². The van der Waals surface area contributed by atoms with Gasteiger partial charge in [0.1, 0.15) is 24.0 Å². The Balaban J connectivity index is 1.44. The number of carbonyl (C=O) groups excluding carboxylic acids is 4. The summed E-state index contributed by atoms with van der Waals surface area (Å²) in [5.74, 6) is -6.23. The van der Waals surface area contributed by atoms with E-state index in [1.807, 2.05) is 58.1 Å². The summed E-state index contributed by atoms with van der Waals surface area (Å²) in [6.45, 7) is 13.4. The zero-order chi connectivity index (χ0) is 47.0. The van der Waals surface area contributed by atoms with Crippen molar-refractivity contribution >= 4 is 29.2 Å². The number of carboxylic acid groups (broad SMARTS) is 1. The van der Waals surface area contributed by atoms with Gasteiger partial charge in [-0.05, 0) is 121 Å². The average molecular weight is 886 g/mol. The Morgan fingerprint density at radius 3 is 2.32 bits per heavy atom. The number of aliphatic carboxylic acids is 1. The summed E-state index contributed by atoms with van der Waals surface area (Å²) in [4.78, 5) is 65.8. The van der Waals surface area contributed by atoms with Gasteiger partial charge in [0.25, 0.3) is 11.7 Å². The van der Waals surface area contributed by atoms with Gasteiger partial charge in [-0.2, -0.15) is 0 Å². The van der Waals surface area contributed by atoms with Crippen LogP contribution in [0, 0.1) is 35.5 Å². The molecular weight excluding hydrogens is 807 g/mol. The number of aliphatic hydroxyl groups is 3. The Morgan fingerprint density at radius 1 is 0.937 bits per heavy atom. The van der Waals surface area contributed by atoms with Crippen molar-refractivity contribution in [3.05, 3.63) is 47.6 Å². The number of ether oxygens (including phenoxy) is 3. The molecule has 4 N–H and O–H groups in total. The lowest BCUT2D eigenvalue weighted by molar-refractivity contribution is -0.263. The lowest BCUT2D eigenvalue weighted by Gasteiger charge is -2.42. The molecule has 1 aliphatic carbocycles. The van der Waals surface area contributed by atoms with E-state index in [-0.39, 0.29) is 36.6 Å². The predicted molar refractivity (Wildman–Crippen MR) is 241 cm³/mol. The van der Waals surface area contributed by atoms with Crippen LogP contribution >= 0.6 is 0 Å². The van der Waals surface area contributed by atoms with Crippen LogP contribution in [-0.4, -0.2) is 118 Å². The summed E-state index contributed by atoms with van der Waals surface area (Å²) in [6, 6.07) is -1.09. The molecule has 0 spiro atoms. The van der Waals surface area contributed by atoms with E-state index >= 15 is 0 Å². The van der Waals surface area contributed by atoms with Crippen molar-refractivity contribution in [1.29, 1.82) is 0 Å². The molecule has 3 aliphatic rings. The highest BCUT2D eigenvalue weighted by Crippen LogP contribution is 2.36. The molecule has 3 rings (SSSR count). The normalized spacial score (nSPS) is 29.2. The largest absolute Gasteiger partial charge is 0.480 e. The number of allylic oxidation sites excluding steroid dienone is 7. The summed E-state index contributed by atoms with van der Waals surface area (Å²) < 4.78 is 16.9. The van der Waals surface area contributed by atoms with Gasteiger partial charge >= 0.3 is 5.97 Å². The lowest BCUT2D eigenvalue weighted by atomic mass is 9.79.